The standard InChI is InChI=1S/C13H26N2O2/c1-10(2)14-13(5,11(16)17)9-15-7-6-12(3,4)8-15/h10,14H,6-9H2,1-5H3,(H,16,17). The second-order valence-electron chi connectivity index (χ2n) is 6.56. The average Bonchev–Trinajstić information content (AvgIpc) is 2.43. The van der Waals surface area contributed by atoms with Gasteiger partial charge in [0, 0.05) is 19.1 Å². The zero-order chi connectivity index (χ0) is 13.3. The van der Waals surface area contributed by atoms with Crippen LogP contribution in [0.4, 0.5) is 0 Å². The van der Waals surface area contributed by atoms with E-state index in [1.54, 1.807) is 6.92 Å². The van der Waals surface area contributed by atoms with Crippen LogP contribution in [-0.2, 0) is 4.79 Å². The first-order chi connectivity index (χ1) is 7.65. The topological polar surface area (TPSA) is 52.6 Å². The zero-order valence-electron chi connectivity index (χ0n) is 11.7. The molecule has 1 heterocycles. The molecule has 100 valence electrons. The van der Waals surface area contributed by atoms with E-state index < -0.39 is 11.5 Å². The molecule has 0 aromatic heterocycles. The van der Waals surface area contributed by atoms with E-state index in [0.29, 0.717) is 12.0 Å². The fourth-order valence-corrected chi connectivity index (χ4v) is 2.62. The third-order valence-corrected chi connectivity index (χ3v) is 3.38. The molecule has 1 atom stereocenters. The maximum absolute atomic E-state index is 11.4. The maximum atomic E-state index is 11.4. The highest BCUT2D eigenvalue weighted by Gasteiger charge is 2.39. The summed E-state index contributed by atoms with van der Waals surface area (Å²) in [5, 5.41) is 12.6. The SMILES string of the molecule is CC(C)NC(C)(CN1CCC(C)(C)C1)C(=O)O. The van der Waals surface area contributed by atoms with Gasteiger partial charge in [-0.1, -0.05) is 13.8 Å². The van der Waals surface area contributed by atoms with Crippen molar-refractivity contribution in [3.8, 4) is 0 Å². The molecule has 0 spiro atoms. The molecule has 4 nitrogen and oxygen atoms in total. The fourth-order valence-electron chi connectivity index (χ4n) is 2.62. The molecule has 0 amide bonds. The molecule has 0 aromatic rings. The van der Waals surface area contributed by atoms with Crippen LogP contribution < -0.4 is 5.32 Å². The number of likely N-dealkylation sites (tertiary alicyclic amines) is 1. The normalized spacial score (nSPS) is 23.9. The summed E-state index contributed by atoms with van der Waals surface area (Å²) < 4.78 is 0. The number of nitrogens with zero attached hydrogens (tertiary/aromatic N) is 1. The van der Waals surface area contributed by atoms with Gasteiger partial charge in [-0.2, -0.15) is 0 Å². The summed E-state index contributed by atoms with van der Waals surface area (Å²) in [6, 6.07) is 0.173. The van der Waals surface area contributed by atoms with Gasteiger partial charge in [-0.3, -0.25) is 10.1 Å². The van der Waals surface area contributed by atoms with Crippen LogP contribution in [0.25, 0.3) is 0 Å². The monoisotopic (exact) mass is 242 g/mol. The largest absolute Gasteiger partial charge is 0.480 e. The summed E-state index contributed by atoms with van der Waals surface area (Å²) in [5.41, 5.74) is -0.536. The maximum Gasteiger partial charge on any atom is 0.324 e. The van der Waals surface area contributed by atoms with E-state index in [1.165, 1.54) is 0 Å². The van der Waals surface area contributed by atoms with E-state index in [4.69, 9.17) is 0 Å². The van der Waals surface area contributed by atoms with Gasteiger partial charge in [-0.25, -0.2) is 0 Å². The van der Waals surface area contributed by atoms with Crippen molar-refractivity contribution < 1.29 is 9.90 Å². The Morgan fingerprint density at radius 2 is 2.12 bits per heavy atom. The first-order valence-corrected chi connectivity index (χ1v) is 6.38. The molecule has 1 fully saturated rings. The number of carboxylic acids is 1. The molecule has 4 heteroatoms. The Bertz CT molecular complexity index is 289. The third-order valence-electron chi connectivity index (χ3n) is 3.38. The average molecular weight is 242 g/mol. The van der Waals surface area contributed by atoms with Gasteiger partial charge in [0.15, 0.2) is 0 Å². The van der Waals surface area contributed by atoms with Crippen molar-refractivity contribution in [1.82, 2.24) is 10.2 Å². The molecular weight excluding hydrogens is 216 g/mol. The lowest BCUT2D eigenvalue weighted by molar-refractivity contribution is -0.145. The number of rotatable bonds is 5. The van der Waals surface area contributed by atoms with Crippen molar-refractivity contribution in [3.63, 3.8) is 0 Å². The number of carboxylic acid groups (broad SMARTS) is 1. The first-order valence-electron chi connectivity index (χ1n) is 6.38. The molecule has 0 saturated carbocycles. The van der Waals surface area contributed by atoms with E-state index in [-0.39, 0.29) is 6.04 Å². The highest BCUT2D eigenvalue weighted by atomic mass is 16.4. The second-order valence-corrected chi connectivity index (χ2v) is 6.56. The van der Waals surface area contributed by atoms with Crippen LogP contribution >= 0.6 is 0 Å². The van der Waals surface area contributed by atoms with Crippen LogP contribution in [0, 0.1) is 5.41 Å². The Balaban J connectivity index is 2.65. The number of hydrogen-bond acceptors (Lipinski definition) is 3. The predicted molar refractivity (Wildman–Crippen MR) is 69.2 cm³/mol. The van der Waals surface area contributed by atoms with Gasteiger partial charge in [0.2, 0.25) is 0 Å². The summed E-state index contributed by atoms with van der Waals surface area (Å²) in [6.07, 6.45) is 1.14. The zero-order valence-corrected chi connectivity index (χ0v) is 11.7. The van der Waals surface area contributed by atoms with Gasteiger partial charge in [-0.05, 0) is 39.2 Å². The molecule has 0 aromatic carbocycles. The fraction of sp³-hybridized carbons (Fsp3) is 0.923. The summed E-state index contributed by atoms with van der Waals surface area (Å²) in [5.74, 6) is -0.768. The van der Waals surface area contributed by atoms with Gasteiger partial charge >= 0.3 is 5.97 Å². The lowest BCUT2D eigenvalue weighted by atomic mass is 9.93. The van der Waals surface area contributed by atoms with Crippen LogP contribution in [0.15, 0.2) is 0 Å². The van der Waals surface area contributed by atoms with Crippen molar-refractivity contribution in [3.05, 3.63) is 0 Å². The minimum Gasteiger partial charge on any atom is -0.480 e. The van der Waals surface area contributed by atoms with Crippen LogP contribution in [0.1, 0.15) is 41.0 Å². The quantitative estimate of drug-likeness (QED) is 0.768. The minimum atomic E-state index is -0.853. The molecule has 0 aliphatic carbocycles. The van der Waals surface area contributed by atoms with Crippen molar-refractivity contribution >= 4 is 5.97 Å². The Morgan fingerprint density at radius 1 is 1.53 bits per heavy atom. The third kappa shape index (κ3) is 3.96. The van der Waals surface area contributed by atoms with Gasteiger partial charge in [0.05, 0.1) is 0 Å². The number of aliphatic carboxylic acids is 1. The lowest BCUT2D eigenvalue weighted by Crippen LogP contribution is -2.58. The van der Waals surface area contributed by atoms with Crippen molar-refractivity contribution in [2.75, 3.05) is 19.6 Å². The molecule has 1 aliphatic heterocycles. The lowest BCUT2D eigenvalue weighted by Gasteiger charge is -2.33. The highest BCUT2D eigenvalue weighted by molar-refractivity contribution is 5.78. The molecular formula is C13H26N2O2. The first kappa shape index (κ1) is 14.5. The summed E-state index contributed by atoms with van der Waals surface area (Å²) in [6.45, 7) is 12.8. The smallest absolute Gasteiger partial charge is 0.324 e. The van der Waals surface area contributed by atoms with Crippen molar-refractivity contribution in [2.24, 2.45) is 5.41 Å². The van der Waals surface area contributed by atoms with Crippen molar-refractivity contribution in [2.45, 2.75) is 52.6 Å². The Kier molecular flexibility index (Phi) is 4.20. The Hall–Kier alpha value is -0.610. The van der Waals surface area contributed by atoms with Crippen molar-refractivity contribution in [1.29, 1.82) is 0 Å². The molecule has 0 radical (unpaired) electrons. The van der Waals surface area contributed by atoms with E-state index >= 15 is 0 Å². The Morgan fingerprint density at radius 3 is 2.47 bits per heavy atom. The predicted octanol–water partition coefficient (Wildman–Crippen LogP) is 1.56. The summed E-state index contributed by atoms with van der Waals surface area (Å²) in [4.78, 5) is 13.7. The van der Waals surface area contributed by atoms with Crippen LogP contribution in [0.2, 0.25) is 0 Å². The van der Waals surface area contributed by atoms with Gasteiger partial charge < -0.3 is 10.0 Å². The van der Waals surface area contributed by atoms with Crippen LogP contribution in [0.5, 0.6) is 0 Å². The summed E-state index contributed by atoms with van der Waals surface area (Å²) in [7, 11) is 0. The molecule has 1 aliphatic rings. The molecule has 1 saturated heterocycles. The van der Waals surface area contributed by atoms with Gasteiger partial charge in [-0.15, -0.1) is 0 Å². The second kappa shape index (κ2) is 4.94. The molecule has 2 N–H and O–H groups in total. The van der Waals surface area contributed by atoms with E-state index in [2.05, 4.69) is 24.1 Å². The van der Waals surface area contributed by atoms with E-state index in [9.17, 15) is 9.90 Å². The number of hydrogen-bond donors (Lipinski definition) is 2. The van der Waals surface area contributed by atoms with Gasteiger partial charge in [0.1, 0.15) is 5.54 Å². The molecule has 17 heavy (non-hydrogen) atoms. The van der Waals surface area contributed by atoms with E-state index in [0.717, 1.165) is 19.5 Å². The van der Waals surface area contributed by atoms with Crippen LogP contribution in [-0.4, -0.2) is 47.2 Å². The van der Waals surface area contributed by atoms with Crippen LogP contribution in [0.3, 0.4) is 0 Å². The number of carbonyl (C=O) groups is 1. The molecule has 1 rings (SSSR count). The minimum absolute atomic E-state index is 0.173. The van der Waals surface area contributed by atoms with E-state index in [1.807, 2.05) is 13.8 Å². The number of nitrogens with one attached hydrogen (secondary N) is 1. The Labute approximate surface area is 104 Å². The summed E-state index contributed by atoms with van der Waals surface area (Å²) >= 11 is 0. The highest BCUT2D eigenvalue weighted by Crippen LogP contribution is 2.29. The van der Waals surface area contributed by atoms with Gasteiger partial charge in [0.25, 0.3) is 0 Å². The molecule has 1 unspecified atom stereocenters. The molecule has 0 bridgehead atoms.